The van der Waals surface area contributed by atoms with Crippen molar-refractivity contribution in [3.05, 3.63) is 47.5 Å². The summed E-state index contributed by atoms with van der Waals surface area (Å²) in [5.74, 6) is 2.35. The fourth-order valence-electron chi connectivity index (χ4n) is 1.76. The monoisotopic (exact) mass is 290 g/mol. The average Bonchev–Trinajstić information content (AvgIpc) is 2.49. The summed E-state index contributed by atoms with van der Waals surface area (Å²) < 4.78 is 15.5. The number of hydrogen-bond donors (Lipinski definition) is 1. The van der Waals surface area contributed by atoms with E-state index in [0.717, 1.165) is 5.56 Å². The second-order valence-electron chi connectivity index (χ2n) is 4.54. The molecule has 4 heteroatoms. The van der Waals surface area contributed by atoms with E-state index in [1.807, 2.05) is 38.1 Å². The quantitative estimate of drug-likeness (QED) is 0.936. The molecule has 4 nitrogen and oxygen atoms in total. The van der Waals surface area contributed by atoms with Gasteiger partial charge in [0.1, 0.15) is 5.75 Å². The van der Waals surface area contributed by atoms with Crippen molar-refractivity contribution in [2.75, 3.05) is 21.3 Å². The average molecular weight is 290 g/mol. The number of aromatic hydroxyl groups is 1. The molecule has 2 aromatic carbocycles. The number of phenols is 1. The lowest BCUT2D eigenvalue weighted by atomic mass is 10.2. The summed E-state index contributed by atoms with van der Waals surface area (Å²) in [4.78, 5) is 0. The molecule has 0 unspecified atom stereocenters. The Morgan fingerprint density at radius 3 is 1.52 bits per heavy atom. The van der Waals surface area contributed by atoms with Gasteiger partial charge in [-0.1, -0.05) is 17.7 Å². The maximum Gasteiger partial charge on any atom is 0.203 e. The first-order valence-electron chi connectivity index (χ1n) is 6.54. The van der Waals surface area contributed by atoms with E-state index in [4.69, 9.17) is 19.3 Å². The van der Waals surface area contributed by atoms with Crippen LogP contribution in [0, 0.1) is 13.8 Å². The zero-order valence-corrected chi connectivity index (χ0v) is 13.1. The molecule has 0 atom stereocenters. The van der Waals surface area contributed by atoms with Crippen LogP contribution in [0.1, 0.15) is 11.1 Å². The molecule has 2 aromatic rings. The zero-order valence-electron chi connectivity index (χ0n) is 13.1. The highest BCUT2D eigenvalue weighted by atomic mass is 16.5. The SMILES string of the molecule is COc1cc(C)cc(OC)c1OC.Cc1ccc(O)cc1. The molecule has 114 valence electrons. The Bertz CT molecular complexity index is 515. The second kappa shape index (κ2) is 8.04. The van der Waals surface area contributed by atoms with Crippen LogP contribution in [-0.2, 0) is 0 Å². The molecule has 0 aliphatic heterocycles. The normalized spacial score (nSPS) is 9.38. The summed E-state index contributed by atoms with van der Waals surface area (Å²) in [5, 5.41) is 8.76. The van der Waals surface area contributed by atoms with Crippen LogP contribution in [0.3, 0.4) is 0 Å². The predicted octanol–water partition coefficient (Wildman–Crippen LogP) is 3.72. The molecule has 21 heavy (non-hydrogen) atoms. The smallest absolute Gasteiger partial charge is 0.203 e. The predicted molar refractivity (Wildman–Crippen MR) is 83.7 cm³/mol. The van der Waals surface area contributed by atoms with Crippen molar-refractivity contribution in [3.63, 3.8) is 0 Å². The fraction of sp³-hybridized carbons (Fsp3) is 0.294. The molecule has 0 fully saturated rings. The van der Waals surface area contributed by atoms with Gasteiger partial charge in [0.25, 0.3) is 0 Å². The minimum absolute atomic E-state index is 0.329. The largest absolute Gasteiger partial charge is 0.508 e. The van der Waals surface area contributed by atoms with Crippen LogP contribution < -0.4 is 14.2 Å². The first-order chi connectivity index (χ1) is 10.0. The minimum Gasteiger partial charge on any atom is -0.508 e. The van der Waals surface area contributed by atoms with Gasteiger partial charge >= 0.3 is 0 Å². The van der Waals surface area contributed by atoms with Crippen molar-refractivity contribution in [3.8, 4) is 23.0 Å². The van der Waals surface area contributed by atoms with Gasteiger partial charge < -0.3 is 19.3 Å². The molecule has 0 aliphatic rings. The van der Waals surface area contributed by atoms with E-state index in [1.54, 1.807) is 33.5 Å². The van der Waals surface area contributed by atoms with Gasteiger partial charge in [0.15, 0.2) is 11.5 Å². The molecule has 0 saturated heterocycles. The van der Waals surface area contributed by atoms with Gasteiger partial charge in [-0.15, -0.1) is 0 Å². The molecule has 0 bridgehead atoms. The van der Waals surface area contributed by atoms with Gasteiger partial charge in [-0.25, -0.2) is 0 Å². The van der Waals surface area contributed by atoms with Crippen LogP contribution in [0.2, 0.25) is 0 Å². The van der Waals surface area contributed by atoms with Gasteiger partial charge in [0.05, 0.1) is 21.3 Å². The Kier molecular flexibility index (Phi) is 6.40. The van der Waals surface area contributed by atoms with Crippen molar-refractivity contribution in [2.45, 2.75) is 13.8 Å². The van der Waals surface area contributed by atoms with E-state index in [1.165, 1.54) is 5.56 Å². The summed E-state index contributed by atoms with van der Waals surface area (Å²) in [6, 6.07) is 10.9. The number of ether oxygens (including phenoxy) is 3. The minimum atomic E-state index is 0.329. The highest BCUT2D eigenvalue weighted by Gasteiger charge is 2.10. The fourth-order valence-corrected chi connectivity index (χ4v) is 1.76. The number of rotatable bonds is 3. The van der Waals surface area contributed by atoms with Gasteiger partial charge in [0, 0.05) is 0 Å². The Labute approximate surface area is 125 Å². The maximum atomic E-state index is 8.76. The van der Waals surface area contributed by atoms with E-state index in [9.17, 15) is 0 Å². The van der Waals surface area contributed by atoms with Crippen molar-refractivity contribution in [1.29, 1.82) is 0 Å². The van der Waals surface area contributed by atoms with Crippen molar-refractivity contribution in [1.82, 2.24) is 0 Å². The zero-order chi connectivity index (χ0) is 15.8. The highest BCUT2D eigenvalue weighted by molar-refractivity contribution is 5.53. The Hall–Kier alpha value is -2.36. The van der Waals surface area contributed by atoms with E-state index in [0.29, 0.717) is 23.0 Å². The molecule has 0 spiro atoms. The Balaban J connectivity index is 0.000000235. The van der Waals surface area contributed by atoms with Crippen LogP contribution in [0.5, 0.6) is 23.0 Å². The standard InChI is InChI=1S/C10H14O3.C7H8O/c1-7-5-8(11-2)10(13-4)9(6-7)12-3;1-6-2-4-7(8)5-3-6/h5-6H,1-4H3;2-5,8H,1H3. The van der Waals surface area contributed by atoms with Gasteiger partial charge in [-0.05, 0) is 43.7 Å². The Morgan fingerprint density at radius 1 is 0.714 bits per heavy atom. The first-order valence-corrected chi connectivity index (χ1v) is 6.54. The third-order valence-corrected chi connectivity index (χ3v) is 2.84. The number of aryl methyl sites for hydroxylation is 2. The molecule has 0 radical (unpaired) electrons. The molecule has 1 N–H and O–H groups in total. The molecule has 2 rings (SSSR count). The third-order valence-electron chi connectivity index (χ3n) is 2.84. The van der Waals surface area contributed by atoms with Gasteiger partial charge in [0.2, 0.25) is 5.75 Å². The van der Waals surface area contributed by atoms with Gasteiger partial charge in [-0.3, -0.25) is 0 Å². The van der Waals surface area contributed by atoms with E-state index < -0.39 is 0 Å². The van der Waals surface area contributed by atoms with Crippen LogP contribution in [0.15, 0.2) is 36.4 Å². The van der Waals surface area contributed by atoms with Gasteiger partial charge in [-0.2, -0.15) is 0 Å². The van der Waals surface area contributed by atoms with Crippen LogP contribution in [0.25, 0.3) is 0 Å². The first kappa shape index (κ1) is 16.7. The van der Waals surface area contributed by atoms with E-state index in [-0.39, 0.29) is 0 Å². The number of phenolic OH excluding ortho intramolecular Hbond substituents is 1. The van der Waals surface area contributed by atoms with Crippen LogP contribution >= 0.6 is 0 Å². The number of methoxy groups -OCH3 is 3. The Morgan fingerprint density at radius 2 is 1.19 bits per heavy atom. The second-order valence-corrected chi connectivity index (χ2v) is 4.54. The van der Waals surface area contributed by atoms with E-state index >= 15 is 0 Å². The highest BCUT2D eigenvalue weighted by Crippen LogP contribution is 2.37. The summed E-state index contributed by atoms with van der Waals surface area (Å²) in [6.07, 6.45) is 0. The van der Waals surface area contributed by atoms with Crippen molar-refractivity contribution >= 4 is 0 Å². The lowest BCUT2D eigenvalue weighted by Crippen LogP contribution is -1.95. The molecule has 0 aromatic heterocycles. The maximum absolute atomic E-state index is 8.76. The lowest BCUT2D eigenvalue weighted by Gasteiger charge is -2.12. The van der Waals surface area contributed by atoms with Crippen LogP contribution in [0.4, 0.5) is 0 Å². The topological polar surface area (TPSA) is 47.9 Å². The molecule has 0 heterocycles. The van der Waals surface area contributed by atoms with Crippen LogP contribution in [-0.4, -0.2) is 26.4 Å². The summed E-state index contributed by atoms with van der Waals surface area (Å²) in [6.45, 7) is 3.96. The summed E-state index contributed by atoms with van der Waals surface area (Å²) in [7, 11) is 4.81. The number of hydrogen-bond acceptors (Lipinski definition) is 4. The van der Waals surface area contributed by atoms with Crippen molar-refractivity contribution < 1.29 is 19.3 Å². The third kappa shape index (κ3) is 4.91. The van der Waals surface area contributed by atoms with Crippen molar-refractivity contribution in [2.24, 2.45) is 0 Å². The van der Waals surface area contributed by atoms with E-state index in [2.05, 4.69) is 0 Å². The summed E-state index contributed by atoms with van der Waals surface area (Å²) >= 11 is 0. The molecule has 0 amide bonds. The molecular formula is C17H22O4. The molecular weight excluding hydrogens is 268 g/mol. The lowest BCUT2D eigenvalue weighted by molar-refractivity contribution is 0.324. The summed E-state index contributed by atoms with van der Waals surface area (Å²) in [5.41, 5.74) is 2.25. The number of benzene rings is 2. The molecule has 0 saturated carbocycles. The molecule has 0 aliphatic carbocycles.